The van der Waals surface area contributed by atoms with E-state index in [1.165, 1.54) is 6.20 Å². The fourth-order valence-electron chi connectivity index (χ4n) is 1.89. The number of rotatable bonds is 3. The lowest BCUT2D eigenvalue weighted by atomic mass is 10.1. The molecule has 3 aromatic rings. The third-order valence-electron chi connectivity index (χ3n) is 2.89. The summed E-state index contributed by atoms with van der Waals surface area (Å²) >= 11 is 5.75. The first-order valence-electron chi connectivity index (χ1n) is 6.25. The number of halogens is 1. The van der Waals surface area contributed by atoms with Gasteiger partial charge in [-0.15, -0.1) is 0 Å². The van der Waals surface area contributed by atoms with E-state index in [2.05, 4.69) is 20.5 Å². The van der Waals surface area contributed by atoms with Gasteiger partial charge in [-0.05, 0) is 30.3 Å². The quantitative estimate of drug-likeness (QED) is 0.778. The summed E-state index contributed by atoms with van der Waals surface area (Å²) in [6, 6.07) is 12.5. The van der Waals surface area contributed by atoms with E-state index >= 15 is 0 Å². The van der Waals surface area contributed by atoms with Crippen molar-refractivity contribution in [1.82, 2.24) is 15.2 Å². The summed E-state index contributed by atoms with van der Waals surface area (Å²) in [5, 5.41) is 10.1. The molecule has 0 bridgehead atoms. The van der Waals surface area contributed by atoms with Crippen LogP contribution < -0.4 is 5.32 Å². The number of pyridine rings is 1. The molecule has 21 heavy (non-hydrogen) atoms. The SMILES string of the molecule is O=C(Nc1cccc(-c2ccn[nH]2)c1)c1ccc(Cl)cn1. The van der Waals surface area contributed by atoms with Crippen LogP contribution in [0.5, 0.6) is 0 Å². The molecule has 5 nitrogen and oxygen atoms in total. The fourth-order valence-corrected chi connectivity index (χ4v) is 2.00. The van der Waals surface area contributed by atoms with Crippen molar-refractivity contribution >= 4 is 23.2 Å². The molecular formula is C15H11ClN4O. The Hall–Kier alpha value is -2.66. The van der Waals surface area contributed by atoms with Gasteiger partial charge in [0.1, 0.15) is 5.69 Å². The van der Waals surface area contributed by atoms with Gasteiger partial charge in [-0.25, -0.2) is 4.98 Å². The summed E-state index contributed by atoms with van der Waals surface area (Å²) in [6.45, 7) is 0. The maximum atomic E-state index is 12.1. The molecule has 1 aromatic carbocycles. The second-order valence-corrected chi connectivity index (χ2v) is 4.80. The van der Waals surface area contributed by atoms with E-state index < -0.39 is 0 Å². The number of hydrogen-bond acceptors (Lipinski definition) is 3. The first-order chi connectivity index (χ1) is 10.2. The largest absolute Gasteiger partial charge is 0.321 e. The zero-order chi connectivity index (χ0) is 14.7. The average Bonchev–Trinajstić information content (AvgIpc) is 3.02. The van der Waals surface area contributed by atoms with Crippen molar-refractivity contribution in [2.75, 3.05) is 5.32 Å². The van der Waals surface area contributed by atoms with Crippen molar-refractivity contribution in [1.29, 1.82) is 0 Å². The van der Waals surface area contributed by atoms with Crippen molar-refractivity contribution in [3.05, 3.63) is 65.6 Å². The minimum absolute atomic E-state index is 0.284. The summed E-state index contributed by atoms with van der Waals surface area (Å²) < 4.78 is 0. The number of hydrogen-bond donors (Lipinski definition) is 2. The summed E-state index contributed by atoms with van der Waals surface area (Å²) in [5.41, 5.74) is 2.82. The van der Waals surface area contributed by atoms with Crippen LogP contribution in [-0.2, 0) is 0 Å². The lowest BCUT2D eigenvalue weighted by molar-refractivity contribution is 0.102. The molecule has 0 aliphatic heterocycles. The van der Waals surface area contributed by atoms with E-state index in [0.29, 0.717) is 16.4 Å². The zero-order valence-corrected chi connectivity index (χ0v) is 11.6. The van der Waals surface area contributed by atoms with Crippen molar-refractivity contribution in [2.45, 2.75) is 0 Å². The van der Waals surface area contributed by atoms with Crippen LogP contribution in [-0.4, -0.2) is 21.1 Å². The molecule has 0 saturated carbocycles. The molecule has 0 aliphatic rings. The number of aromatic nitrogens is 3. The molecule has 104 valence electrons. The molecule has 2 aromatic heterocycles. The second kappa shape index (κ2) is 5.76. The highest BCUT2D eigenvalue weighted by Gasteiger charge is 2.08. The minimum atomic E-state index is -0.284. The number of anilines is 1. The lowest BCUT2D eigenvalue weighted by Gasteiger charge is -2.06. The van der Waals surface area contributed by atoms with E-state index in [1.54, 1.807) is 18.3 Å². The minimum Gasteiger partial charge on any atom is -0.321 e. The van der Waals surface area contributed by atoms with Crippen molar-refractivity contribution in [3.8, 4) is 11.3 Å². The van der Waals surface area contributed by atoms with Gasteiger partial charge in [0.15, 0.2) is 0 Å². The monoisotopic (exact) mass is 298 g/mol. The van der Waals surface area contributed by atoms with Crippen LogP contribution in [0, 0.1) is 0 Å². The molecule has 0 radical (unpaired) electrons. The fraction of sp³-hybridized carbons (Fsp3) is 0. The maximum absolute atomic E-state index is 12.1. The molecule has 0 unspecified atom stereocenters. The highest BCUT2D eigenvalue weighted by atomic mass is 35.5. The van der Waals surface area contributed by atoms with E-state index in [4.69, 9.17) is 11.6 Å². The van der Waals surface area contributed by atoms with E-state index in [1.807, 2.05) is 30.3 Å². The Kier molecular flexibility index (Phi) is 3.66. The molecule has 0 saturated heterocycles. The van der Waals surface area contributed by atoms with Crippen LogP contribution >= 0.6 is 11.6 Å². The smallest absolute Gasteiger partial charge is 0.274 e. The van der Waals surface area contributed by atoms with Crippen molar-refractivity contribution < 1.29 is 4.79 Å². The number of H-pyrrole nitrogens is 1. The lowest BCUT2D eigenvalue weighted by Crippen LogP contribution is -2.13. The molecule has 0 spiro atoms. The van der Waals surface area contributed by atoms with E-state index in [9.17, 15) is 4.79 Å². The van der Waals surface area contributed by atoms with Gasteiger partial charge < -0.3 is 5.32 Å². The Morgan fingerprint density at radius 3 is 2.81 bits per heavy atom. The van der Waals surface area contributed by atoms with Gasteiger partial charge in [0.25, 0.3) is 5.91 Å². The predicted molar refractivity (Wildman–Crippen MR) is 81.2 cm³/mol. The summed E-state index contributed by atoms with van der Waals surface area (Å²) in [4.78, 5) is 16.1. The van der Waals surface area contributed by atoms with Crippen molar-refractivity contribution in [3.63, 3.8) is 0 Å². The van der Waals surface area contributed by atoms with Crippen LogP contribution in [0.3, 0.4) is 0 Å². The standard InChI is InChI=1S/C15H11ClN4O/c16-11-4-5-14(17-9-11)15(21)19-12-3-1-2-10(8-12)13-6-7-18-20-13/h1-9H,(H,18,20)(H,19,21). The maximum Gasteiger partial charge on any atom is 0.274 e. The number of benzene rings is 1. The number of aromatic amines is 1. The first-order valence-corrected chi connectivity index (χ1v) is 6.63. The summed E-state index contributed by atoms with van der Waals surface area (Å²) in [6.07, 6.45) is 3.12. The Bertz CT molecular complexity index is 754. The zero-order valence-electron chi connectivity index (χ0n) is 10.9. The number of carbonyl (C=O) groups excluding carboxylic acids is 1. The molecule has 0 aliphatic carbocycles. The Labute approximate surface area is 126 Å². The van der Waals surface area contributed by atoms with E-state index in [-0.39, 0.29) is 5.91 Å². The number of nitrogens with zero attached hydrogens (tertiary/aromatic N) is 2. The first kappa shape index (κ1) is 13.3. The Balaban J connectivity index is 1.80. The number of nitrogens with one attached hydrogen (secondary N) is 2. The molecule has 2 N–H and O–H groups in total. The van der Waals surface area contributed by atoms with Gasteiger partial charge >= 0.3 is 0 Å². The molecule has 1 amide bonds. The molecular weight excluding hydrogens is 288 g/mol. The van der Waals surface area contributed by atoms with Gasteiger partial charge in [0.05, 0.1) is 10.7 Å². The third kappa shape index (κ3) is 3.09. The van der Waals surface area contributed by atoms with Crippen LogP contribution in [0.15, 0.2) is 54.9 Å². The van der Waals surface area contributed by atoms with E-state index in [0.717, 1.165) is 11.3 Å². The molecule has 3 rings (SSSR count). The van der Waals surface area contributed by atoms with Gasteiger partial charge in [0.2, 0.25) is 0 Å². The second-order valence-electron chi connectivity index (χ2n) is 4.37. The summed E-state index contributed by atoms with van der Waals surface area (Å²) in [7, 11) is 0. The van der Waals surface area contributed by atoms with Crippen LogP contribution in [0.4, 0.5) is 5.69 Å². The van der Waals surface area contributed by atoms with Crippen LogP contribution in [0.2, 0.25) is 5.02 Å². The molecule has 0 fully saturated rings. The Morgan fingerprint density at radius 1 is 1.19 bits per heavy atom. The van der Waals surface area contributed by atoms with Crippen LogP contribution in [0.1, 0.15) is 10.5 Å². The van der Waals surface area contributed by atoms with Gasteiger partial charge in [-0.1, -0.05) is 23.7 Å². The average molecular weight is 299 g/mol. The third-order valence-corrected chi connectivity index (χ3v) is 3.12. The molecule has 6 heteroatoms. The Morgan fingerprint density at radius 2 is 2.10 bits per heavy atom. The van der Waals surface area contributed by atoms with Crippen LogP contribution in [0.25, 0.3) is 11.3 Å². The number of amides is 1. The number of carbonyl (C=O) groups is 1. The summed E-state index contributed by atoms with van der Waals surface area (Å²) in [5.74, 6) is -0.284. The predicted octanol–water partition coefficient (Wildman–Crippen LogP) is 3.38. The van der Waals surface area contributed by atoms with Gasteiger partial charge in [0, 0.05) is 23.6 Å². The van der Waals surface area contributed by atoms with Crippen molar-refractivity contribution in [2.24, 2.45) is 0 Å². The topological polar surface area (TPSA) is 70.7 Å². The van der Waals surface area contributed by atoms with Gasteiger partial charge in [-0.2, -0.15) is 5.10 Å². The molecule has 0 atom stereocenters. The highest BCUT2D eigenvalue weighted by Crippen LogP contribution is 2.20. The molecule has 2 heterocycles. The normalized spacial score (nSPS) is 10.3. The highest BCUT2D eigenvalue weighted by molar-refractivity contribution is 6.30. The van der Waals surface area contributed by atoms with Gasteiger partial charge in [-0.3, -0.25) is 9.89 Å².